The molecule has 1 aliphatic rings. The highest BCUT2D eigenvalue weighted by molar-refractivity contribution is 7.99. The predicted molar refractivity (Wildman–Crippen MR) is 43.4 cm³/mol. The monoisotopic (exact) mass is 140 g/mol. The van der Waals surface area contributed by atoms with Gasteiger partial charge in [0.1, 0.15) is 0 Å². The van der Waals surface area contributed by atoms with Gasteiger partial charge in [0.2, 0.25) is 0 Å². The Morgan fingerprint density at radius 2 is 2.56 bits per heavy atom. The van der Waals surface area contributed by atoms with Gasteiger partial charge in [-0.25, -0.2) is 0 Å². The molecule has 0 amide bonds. The molecule has 50 valence electrons. The van der Waals surface area contributed by atoms with E-state index in [9.17, 15) is 0 Å². The van der Waals surface area contributed by atoms with Crippen LogP contribution in [-0.4, -0.2) is 11.5 Å². The Bertz CT molecular complexity index is 117. The van der Waals surface area contributed by atoms with Crippen molar-refractivity contribution in [2.75, 3.05) is 11.5 Å². The highest BCUT2D eigenvalue weighted by Gasteiger charge is 2.19. The molecule has 0 radical (unpaired) electrons. The molecule has 0 N–H and O–H groups in total. The Hall–Kier alpha value is -0.0900. The van der Waals surface area contributed by atoms with E-state index in [-0.39, 0.29) is 0 Å². The van der Waals surface area contributed by atoms with Crippen molar-refractivity contribution >= 4 is 11.8 Å². The molecular weight excluding hydrogens is 128 g/mol. The molecule has 0 aromatic heterocycles. The van der Waals surface area contributed by atoms with Crippen LogP contribution < -0.4 is 0 Å². The third-order valence-electron chi connectivity index (χ3n) is 1.93. The fourth-order valence-electron chi connectivity index (χ4n) is 1.08. The molecule has 1 rings (SSSR count). The fraction of sp³-hybridized carbons (Fsp3) is 0.750. The van der Waals surface area contributed by atoms with Gasteiger partial charge in [-0.05, 0) is 23.8 Å². The minimum absolute atomic E-state index is 0.500. The van der Waals surface area contributed by atoms with Crippen LogP contribution in [0.1, 0.15) is 13.3 Å². The largest absolute Gasteiger partial charge is 0.162 e. The van der Waals surface area contributed by atoms with E-state index in [2.05, 4.69) is 12.8 Å². The predicted octanol–water partition coefficient (Wildman–Crippen LogP) is 2.01. The van der Waals surface area contributed by atoms with E-state index < -0.39 is 0 Å². The van der Waals surface area contributed by atoms with Gasteiger partial charge in [0.15, 0.2) is 0 Å². The average Bonchev–Trinajstić information content (AvgIpc) is 2.37. The maximum Gasteiger partial charge on any atom is 0.0208 e. The van der Waals surface area contributed by atoms with Gasteiger partial charge in [-0.1, -0.05) is 6.92 Å². The molecule has 0 bridgehead atoms. The molecule has 1 fully saturated rings. The van der Waals surface area contributed by atoms with Crippen molar-refractivity contribution in [3.8, 4) is 12.3 Å². The molecule has 0 nitrogen and oxygen atoms in total. The quantitative estimate of drug-likeness (QED) is 0.502. The molecule has 9 heavy (non-hydrogen) atoms. The Labute approximate surface area is 61.4 Å². The summed E-state index contributed by atoms with van der Waals surface area (Å²) < 4.78 is 0. The molecular formula is C8H12S. The number of rotatable bonds is 1. The van der Waals surface area contributed by atoms with Gasteiger partial charge in [-0.3, -0.25) is 0 Å². The van der Waals surface area contributed by atoms with Crippen LogP contribution in [0.4, 0.5) is 0 Å². The highest BCUT2D eigenvalue weighted by Crippen LogP contribution is 2.28. The summed E-state index contributed by atoms with van der Waals surface area (Å²) in [5.41, 5.74) is 0. The van der Waals surface area contributed by atoms with Crippen molar-refractivity contribution in [2.24, 2.45) is 11.8 Å². The molecule has 0 spiro atoms. The van der Waals surface area contributed by atoms with Crippen molar-refractivity contribution in [1.82, 2.24) is 0 Å². The Balaban J connectivity index is 2.34. The smallest absolute Gasteiger partial charge is 0.0208 e. The molecule has 0 aliphatic carbocycles. The zero-order valence-electron chi connectivity index (χ0n) is 5.76. The van der Waals surface area contributed by atoms with Gasteiger partial charge in [-0.15, -0.1) is 12.3 Å². The molecule has 0 aromatic carbocycles. The first-order valence-electron chi connectivity index (χ1n) is 3.38. The summed E-state index contributed by atoms with van der Waals surface area (Å²) in [5.74, 6) is 6.70. The van der Waals surface area contributed by atoms with Crippen LogP contribution >= 0.6 is 11.8 Å². The molecule has 2 atom stereocenters. The number of terminal acetylenes is 1. The average molecular weight is 140 g/mol. The van der Waals surface area contributed by atoms with Gasteiger partial charge in [0, 0.05) is 5.92 Å². The third-order valence-corrected chi connectivity index (χ3v) is 3.12. The van der Waals surface area contributed by atoms with Crippen LogP contribution in [-0.2, 0) is 0 Å². The van der Waals surface area contributed by atoms with E-state index in [1.54, 1.807) is 0 Å². The third kappa shape index (κ3) is 1.66. The Morgan fingerprint density at radius 1 is 1.78 bits per heavy atom. The normalized spacial score (nSPS) is 29.6. The Morgan fingerprint density at radius 3 is 3.00 bits per heavy atom. The summed E-state index contributed by atoms with van der Waals surface area (Å²) >= 11 is 2.03. The fourth-order valence-corrected chi connectivity index (χ4v) is 2.48. The van der Waals surface area contributed by atoms with Crippen LogP contribution in [0.15, 0.2) is 0 Å². The first kappa shape index (κ1) is 7.02. The van der Waals surface area contributed by atoms with E-state index in [0.29, 0.717) is 5.92 Å². The molecule has 1 saturated heterocycles. The van der Waals surface area contributed by atoms with E-state index in [1.165, 1.54) is 17.9 Å². The maximum atomic E-state index is 5.29. The van der Waals surface area contributed by atoms with Crippen molar-refractivity contribution < 1.29 is 0 Å². The van der Waals surface area contributed by atoms with Gasteiger partial charge in [0.25, 0.3) is 0 Å². The van der Waals surface area contributed by atoms with Crippen LogP contribution in [0, 0.1) is 24.2 Å². The van der Waals surface area contributed by atoms with Crippen LogP contribution in [0.25, 0.3) is 0 Å². The Kier molecular flexibility index (Phi) is 2.48. The molecule has 2 unspecified atom stereocenters. The summed E-state index contributed by atoms with van der Waals surface area (Å²) in [4.78, 5) is 0. The zero-order valence-corrected chi connectivity index (χ0v) is 6.58. The van der Waals surface area contributed by atoms with Crippen LogP contribution in [0.5, 0.6) is 0 Å². The molecule has 1 aliphatic heterocycles. The first-order chi connectivity index (χ1) is 4.34. The number of thioether (sulfide) groups is 1. The SMILES string of the molecule is C#CC(C)C1CCSC1. The molecule has 1 heterocycles. The first-order valence-corrected chi connectivity index (χ1v) is 4.54. The number of hydrogen-bond acceptors (Lipinski definition) is 1. The summed E-state index contributed by atoms with van der Waals surface area (Å²) in [6, 6.07) is 0. The summed E-state index contributed by atoms with van der Waals surface area (Å²) in [6.07, 6.45) is 6.62. The second kappa shape index (κ2) is 3.17. The lowest BCUT2D eigenvalue weighted by molar-refractivity contribution is 0.486. The van der Waals surface area contributed by atoms with E-state index in [0.717, 1.165) is 5.92 Å². The van der Waals surface area contributed by atoms with Gasteiger partial charge < -0.3 is 0 Å². The van der Waals surface area contributed by atoms with E-state index in [1.807, 2.05) is 11.8 Å². The van der Waals surface area contributed by atoms with Crippen molar-refractivity contribution in [3.05, 3.63) is 0 Å². The van der Waals surface area contributed by atoms with Gasteiger partial charge in [-0.2, -0.15) is 11.8 Å². The summed E-state index contributed by atoms with van der Waals surface area (Å²) in [6.45, 7) is 2.15. The topological polar surface area (TPSA) is 0 Å². The minimum Gasteiger partial charge on any atom is -0.162 e. The van der Waals surface area contributed by atoms with Crippen LogP contribution in [0.2, 0.25) is 0 Å². The lowest BCUT2D eigenvalue weighted by Gasteiger charge is -2.09. The highest BCUT2D eigenvalue weighted by atomic mass is 32.2. The van der Waals surface area contributed by atoms with Crippen LogP contribution in [0.3, 0.4) is 0 Å². The number of hydrogen-bond donors (Lipinski definition) is 0. The van der Waals surface area contributed by atoms with Crippen molar-refractivity contribution in [2.45, 2.75) is 13.3 Å². The van der Waals surface area contributed by atoms with Gasteiger partial charge in [0.05, 0.1) is 0 Å². The van der Waals surface area contributed by atoms with Crippen molar-refractivity contribution in [3.63, 3.8) is 0 Å². The molecule has 1 heteroatoms. The summed E-state index contributed by atoms with van der Waals surface area (Å²) in [5, 5.41) is 0. The molecule has 0 saturated carbocycles. The zero-order chi connectivity index (χ0) is 6.69. The second-order valence-electron chi connectivity index (χ2n) is 2.58. The standard InChI is InChI=1S/C8H12S/c1-3-7(2)8-4-5-9-6-8/h1,7-8H,4-6H2,2H3. The van der Waals surface area contributed by atoms with E-state index >= 15 is 0 Å². The van der Waals surface area contributed by atoms with Crippen molar-refractivity contribution in [1.29, 1.82) is 0 Å². The lowest BCUT2D eigenvalue weighted by atomic mass is 9.95. The lowest BCUT2D eigenvalue weighted by Crippen LogP contribution is -2.07. The summed E-state index contributed by atoms with van der Waals surface area (Å²) in [7, 11) is 0. The second-order valence-corrected chi connectivity index (χ2v) is 3.73. The van der Waals surface area contributed by atoms with E-state index in [4.69, 9.17) is 6.42 Å². The minimum atomic E-state index is 0.500. The molecule has 0 aromatic rings. The maximum absolute atomic E-state index is 5.29. The van der Waals surface area contributed by atoms with Gasteiger partial charge >= 0.3 is 0 Å².